The van der Waals surface area contributed by atoms with Crippen molar-refractivity contribution in [3.05, 3.63) is 46.9 Å². The molecule has 0 spiro atoms. The van der Waals surface area contributed by atoms with Crippen molar-refractivity contribution >= 4 is 17.7 Å². The molecule has 0 atom stereocenters. The van der Waals surface area contributed by atoms with E-state index in [-0.39, 0.29) is 11.4 Å². The second-order valence-corrected chi connectivity index (χ2v) is 4.17. The van der Waals surface area contributed by atoms with Crippen LogP contribution in [0.2, 0.25) is 0 Å². The molecule has 0 aromatic carbocycles. The molecule has 0 unspecified atom stereocenters. The number of aromatic nitrogens is 3. The number of anilines is 1. The molecule has 2 N–H and O–H groups in total. The van der Waals surface area contributed by atoms with Crippen molar-refractivity contribution in [2.45, 2.75) is 13.8 Å². The summed E-state index contributed by atoms with van der Waals surface area (Å²) in [4.78, 5) is 26.9. The van der Waals surface area contributed by atoms with Crippen LogP contribution in [0, 0.1) is 13.8 Å². The van der Waals surface area contributed by atoms with Crippen LogP contribution in [0.15, 0.2) is 24.4 Å². The summed E-state index contributed by atoms with van der Waals surface area (Å²) in [7, 11) is 0. The number of carboxylic acids is 1. The molecule has 102 valence electrons. The van der Waals surface area contributed by atoms with Crippen LogP contribution in [0.1, 0.15) is 32.1 Å². The Kier molecular flexibility index (Phi) is 3.69. The van der Waals surface area contributed by atoms with E-state index in [9.17, 15) is 9.59 Å². The Hall–Kier alpha value is -2.83. The lowest BCUT2D eigenvalue weighted by molar-refractivity contribution is 0.0696. The number of nitrogens with one attached hydrogen (secondary N) is 1. The summed E-state index contributed by atoms with van der Waals surface area (Å²) in [5, 5.41) is 19.1. The van der Waals surface area contributed by atoms with E-state index in [1.54, 1.807) is 19.9 Å². The third-order valence-corrected chi connectivity index (χ3v) is 2.59. The highest BCUT2D eigenvalue weighted by Gasteiger charge is 2.13. The second-order valence-electron chi connectivity index (χ2n) is 4.17. The van der Waals surface area contributed by atoms with Crippen LogP contribution < -0.4 is 5.32 Å². The fourth-order valence-corrected chi connectivity index (χ4v) is 1.60. The van der Waals surface area contributed by atoms with E-state index in [0.29, 0.717) is 17.0 Å². The molecule has 20 heavy (non-hydrogen) atoms. The molecule has 7 nitrogen and oxygen atoms in total. The van der Waals surface area contributed by atoms with Gasteiger partial charge < -0.3 is 10.4 Å². The summed E-state index contributed by atoms with van der Waals surface area (Å²) < 4.78 is 0. The Bertz CT molecular complexity index is 685. The summed E-state index contributed by atoms with van der Waals surface area (Å²) in [6, 6.07) is 4.25. The molecule has 0 aliphatic rings. The maximum absolute atomic E-state index is 12.1. The molecule has 2 aromatic rings. The fourth-order valence-electron chi connectivity index (χ4n) is 1.60. The number of nitrogens with zero attached hydrogens (tertiary/aromatic N) is 3. The van der Waals surface area contributed by atoms with Gasteiger partial charge in [-0.1, -0.05) is 0 Å². The predicted octanol–water partition coefficient (Wildman–Crippen LogP) is 1.44. The van der Waals surface area contributed by atoms with Crippen molar-refractivity contribution < 1.29 is 14.7 Å². The molecule has 7 heteroatoms. The zero-order valence-corrected chi connectivity index (χ0v) is 10.9. The van der Waals surface area contributed by atoms with Gasteiger partial charge in [0, 0.05) is 6.20 Å². The molecule has 0 bridgehead atoms. The predicted molar refractivity (Wildman–Crippen MR) is 70.7 cm³/mol. The lowest BCUT2D eigenvalue weighted by atomic mass is 10.2. The zero-order chi connectivity index (χ0) is 14.7. The second kappa shape index (κ2) is 5.43. The van der Waals surface area contributed by atoms with Crippen molar-refractivity contribution in [2.75, 3.05) is 5.32 Å². The first kappa shape index (κ1) is 13.6. The van der Waals surface area contributed by atoms with Crippen LogP contribution in [0.25, 0.3) is 0 Å². The van der Waals surface area contributed by atoms with Gasteiger partial charge in [0.1, 0.15) is 5.82 Å². The molecule has 0 fully saturated rings. The van der Waals surface area contributed by atoms with E-state index in [0.717, 1.165) is 0 Å². The first-order valence-corrected chi connectivity index (χ1v) is 5.79. The largest absolute Gasteiger partial charge is 0.478 e. The van der Waals surface area contributed by atoms with Crippen molar-refractivity contribution in [1.29, 1.82) is 0 Å². The van der Waals surface area contributed by atoms with Crippen LogP contribution in [-0.2, 0) is 0 Å². The Morgan fingerprint density at radius 3 is 2.65 bits per heavy atom. The molecule has 0 saturated carbocycles. The summed E-state index contributed by atoms with van der Waals surface area (Å²) in [5.74, 6) is -1.32. The van der Waals surface area contributed by atoms with Gasteiger partial charge in [-0.3, -0.25) is 4.79 Å². The summed E-state index contributed by atoms with van der Waals surface area (Å²) in [5.41, 5.74) is 1.53. The summed E-state index contributed by atoms with van der Waals surface area (Å²) in [6.45, 7) is 3.40. The van der Waals surface area contributed by atoms with E-state index >= 15 is 0 Å². The molecular formula is C13H12N4O3. The standard InChI is InChI=1S/C13H12N4O3/c1-7-5-10(8(2)17-16-7)12(18)15-11-6-9(13(19)20)3-4-14-11/h3-6H,1-2H3,(H,19,20)(H,14,15,18). The van der Waals surface area contributed by atoms with E-state index in [1.165, 1.54) is 18.3 Å². The molecule has 2 heterocycles. The normalized spacial score (nSPS) is 10.1. The van der Waals surface area contributed by atoms with Crippen LogP contribution in [0.5, 0.6) is 0 Å². The lowest BCUT2D eigenvalue weighted by Gasteiger charge is -2.07. The van der Waals surface area contributed by atoms with Gasteiger partial charge >= 0.3 is 5.97 Å². The molecule has 2 aromatic heterocycles. The number of carbonyl (C=O) groups excluding carboxylic acids is 1. The maximum Gasteiger partial charge on any atom is 0.335 e. The molecule has 0 radical (unpaired) electrons. The number of amides is 1. The minimum absolute atomic E-state index is 0.0519. The van der Waals surface area contributed by atoms with E-state index < -0.39 is 11.9 Å². The van der Waals surface area contributed by atoms with Gasteiger partial charge in [0.15, 0.2) is 0 Å². The number of hydrogen-bond acceptors (Lipinski definition) is 5. The van der Waals surface area contributed by atoms with Gasteiger partial charge in [-0.15, -0.1) is 0 Å². The van der Waals surface area contributed by atoms with Gasteiger partial charge in [0.05, 0.1) is 22.5 Å². The Balaban J connectivity index is 2.25. The van der Waals surface area contributed by atoms with Crippen LogP contribution in [-0.4, -0.2) is 32.2 Å². The van der Waals surface area contributed by atoms with Crippen molar-refractivity contribution in [2.24, 2.45) is 0 Å². The fraction of sp³-hybridized carbons (Fsp3) is 0.154. The van der Waals surface area contributed by atoms with E-state index in [4.69, 9.17) is 5.11 Å². The number of carbonyl (C=O) groups is 2. The summed E-state index contributed by atoms with van der Waals surface area (Å²) in [6.07, 6.45) is 1.32. The van der Waals surface area contributed by atoms with Gasteiger partial charge in [0.25, 0.3) is 5.91 Å². The molecular weight excluding hydrogens is 260 g/mol. The first-order chi connectivity index (χ1) is 9.47. The van der Waals surface area contributed by atoms with Crippen molar-refractivity contribution in [3.63, 3.8) is 0 Å². The molecule has 0 saturated heterocycles. The number of hydrogen-bond donors (Lipinski definition) is 2. The van der Waals surface area contributed by atoms with E-state index in [1.807, 2.05) is 0 Å². The lowest BCUT2D eigenvalue weighted by Crippen LogP contribution is -2.16. The highest BCUT2D eigenvalue weighted by Crippen LogP contribution is 2.11. The third kappa shape index (κ3) is 2.94. The Morgan fingerprint density at radius 1 is 1.20 bits per heavy atom. The van der Waals surface area contributed by atoms with Crippen molar-refractivity contribution in [1.82, 2.24) is 15.2 Å². The minimum Gasteiger partial charge on any atom is -0.478 e. The number of pyridine rings is 1. The van der Waals surface area contributed by atoms with Crippen LogP contribution >= 0.6 is 0 Å². The summed E-state index contributed by atoms with van der Waals surface area (Å²) >= 11 is 0. The topological polar surface area (TPSA) is 105 Å². The monoisotopic (exact) mass is 272 g/mol. The highest BCUT2D eigenvalue weighted by molar-refractivity contribution is 6.04. The van der Waals surface area contributed by atoms with Gasteiger partial charge in [-0.25, -0.2) is 9.78 Å². The molecule has 0 aliphatic carbocycles. The number of aryl methyl sites for hydroxylation is 2. The smallest absolute Gasteiger partial charge is 0.335 e. The number of rotatable bonds is 3. The average Bonchev–Trinajstić information content (AvgIpc) is 2.41. The zero-order valence-electron chi connectivity index (χ0n) is 10.9. The highest BCUT2D eigenvalue weighted by atomic mass is 16.4. The number of aromatic carboxylic acids is 1. The first-order valence-electron chi connectivity index (χ1n) is 5.79. The third-order valence-electron chi connectivity index (χ3n) is 2.59. The van der Waals surface area contributed by atoms with Gasteiger partial charge in [0.2, 0.25) is 0 Å². The number of carboxylic acid groups (broad SMARTS) is 1. The Labute approximate surface area is 114 Å². The van der Waals surface area contributed by atoms with Crippen LogP contribution in [0.3, 0.4) is 0 Å². The maximum atomic E-state index is 12.1. The van der Waals surface area contributed by atoms with Crippen LogP contribution in [0.4, 0.5) is 5.82 Å². The van der Waals surface area contributed by atoms with Gasteiger partial charge in [-0.05, 0) is 32.0 Å². The average molecular weight is 272 g/mol. The molecule has 2 rings (SSSR count). The quantitative estimate of drug-likeness (QED) is 0.875. The molecule has 1 amide bonds. The van der Waals surface area contributed by atoms with Crippen molar-refractivity contribution in [3.8, 4) is 0 Å². The Morgan fingerprint density at radius 2 is 1.95 bits per heavy atom. The SMILES string of the molecule is Cc1cc(C(=O)Nc2cc(C(=O)O)ccn2)c(C)nn1. The van der Waals surface area contributed by atoms with E-state index in [2.05, 4.69) is 20.5 Å². The molecule has 0 aliphatic heterocycles. The van der Waals surface area contributed by atoms with Gasteiger partial charge in [-0.2, -0.15) is 10.2 Å². The minimum atomic E-state index is -1.08.